The van der Waals surface area contributed by atoms with Gasteiger partial charge in [0.1, 0.15) is 0 Å². The number of hydrogen-bond donors (Lipinski definition) is 1. The Hall–Kier alpha value is -3.37. The van der Waals surface area contributed by atoms with Gasteiger partial charge in [0, 0.05) is 30.2 Å². The summed E-state index contributed by atoms with van der Waals surface area (Å²) in [5, 5.41) is 4.71. The maximum Gasteiger partial charge on any atom is 0.223 e. The third-order valence-electron chi connectivity index (χ3n) is 8.52. The number of rotatable bonds is 6. The molecule has 3 aromatic carbocycles. The highest BCUT2D eigenvalue weighted by atomic mass is 16.1. The molecular weight excluding hydrogens is 454 g/mol. The number of nitrogens with one attached hydrogen (secondary N) is 1. The molecule has 0 spiro atoms. The van der Waals surface area contributed by atoms with Gasteiger partial charge in [-0.05, 0) is 91.9 Å². The molecule has 190 valence electrons. The molecule has 1 atom stereocenters. The Kier molecular flexibility index (Phi) is 6.84. The number of amides is 1. The lowest BCUT2D eigenvalue weighted by Crippen LogP contribution is -2.42. The Bertz CT molecular complexity index is 1400. The number of carbonyl (C=O) groups is 1. The van der Waals surface area contributed by atoms with Crippen LogP contribution >= 0.6 is 0 Å². The zero-order chi connectivity index (χ0) is 25.2. The average molecular weight is 492 g/mol. The van der Waals surface area contributed by atoms with Crippen LogP contribution in [0.2, 0.25) is 0 Å². The van der Waals surface area contributed by atoms with Crippen molar-refractivity contribution < 1.29 is 4.79 Å². The fourth-order valence-electron chi connectivity index (χ4n) is 6.32. The molecule has 1 aliphatic heterocycles. The van der Waals surface area contributed by atoms with Gasteiger partial charge in [-0.1, -0.05) is 66.7 Å². The highest BCUT2D eigenvalue weighted by Gasteiger charge is 2.29. The molecule has 4 heteroatoms. The van der Waals surface area contributed by atoms with E-state index in [1.54, 1.807) is 0 Å². The molecule has 0 radical (unpaired) electrons. The lowest BCUT2D eigenvalue weighted by atomic mass is 9.87. The van der Waals surface area contributed by atoms with Crippen LogP contribution < -0.4 is 5.32 Å². The number of hydrogen-bond acceptors (Lipinski definition) is 2. The van der Waals surface area contributed by atoms with Crippen LogP contribution in [0.15, 0.2) is 78.9 Å². The van der Waals surface area contributed by atoms with Gasteiger partial charge in [0.25, 0.3) is 0 Å². The number of piperidine rings is 1. The van der Waals surface area contributed by atoms with Gasteiger partial charge in [0.15, 0.2) is 0 Å². The number of fused-ring (bicyclic) bond motifs is 2. The zero-order valence-electron chi connectivity index (χ0n) is 21.8. The third-order valence-corrected chi connectivity index (χ3v) is 8.52. The van der Waals surface area contributed by atoms with Crippen molar-refractivity contribution >= 4 is 16.8 Å². The van der Waals surface area contributed by atoms with Crippen molar-refractivity contribution in [3.63, 3.8) is 0 Å². The van der Waals surface area contributed by atoms with Crippen LogP contribution in [-0.2, 0) is 24.3 Å². The number of carbonyl (C=O) groups excluding carboxylic acids is 1. The van der Waals surface area contributed by atoms with E-state index in [2.05, 4.69) is 101 Å². The summed E-state index contributed by atoms with van der Waals surface area (Å²) in [6.45, 7) is 5.93. The van der Waals surface area contributed by atoms with Crippen molar-refractivity contribution in [3.05, 3.63) is 107 Å². The Morgan fingerprint density at radius 3 is 2.51 bits per heavy atom. The van der Waals surface area contributed by atoms with E-state index >= 15 is 0 Å². The van der Waals surface area contributed by atoms with Crippen molar-refractivity contribution in [3.8, 4) is 0 Å². The molecular formula is C33H37N3O. The smallest absolute Gasteiger partial charge is 0.223 e. The second kappa shape index (κ2) is 10.5. The zero-order valence-corrected chi connectivity index (χ0v) is 21.8. The number of nitrogens with zero attached hydrogens (tertiary/aromatic N) is 2. The molecule has 1 amide bonds. The topological polar surface area (TPSA) is 37.3 Å². The maximum atomic E-state index is 13.2. The van der Waals surface area contributed by atoms with E-state index in [1.165, 1.54) is 38.9 Å². The standard InChI is InChI=1S/C33H37N3O/c1-24-9-2-3-12-28(24)22-36-29(21-27-11-5-7-16-32(27)36)23-35-19-17-26(18-20-35)33(37)34-31-15-8-13-25-10-4-6-14-30(25)31/h2-7,9-12,14,16,21,26,31H,8,13,15,17-20,22-23H2,1H3,(H,34,37)/t31-/m0/s1. The normalized spacial score (nSPS) is 18.6. The molecule has 0 saturated carbocycles. The van der Waals surface area contributed by atoms with Crippen molar-refractivity contribution in [2.24, 2.45) is 5.92 Å². The van der Waals surface area contributed by atoms with Crippen LogP contribution in [0.3, 0.4) is 0 Å². The van der Waals surface area contributed by atoms with Crippen LogP contribution in [0, 0.1) is 12.8 Å². The summed E-state index contributed by atoms with van der Waals surface area (Å²) in [5.74, 6) is 0.359. The summed E-state index contributed by atoms with van der Waals surface area (Å²) in [4.78, 5) is 15.7. The first-order chi connectivity index (χ1) is 18.2. The van der Waals surface area contributed by atoms with Crippen molar-refractivity contribution in [1.29, 1.82) is 0 Å². The second-order valence-corrected chi connectivity index (χ2v) is 10.9. The monoisotopic (exact) mass is 491 g/mol. The minimum atomic E-state index is 0.114. The minimum Gasteiger partial charge on any atom is -0.349 e. The predicted molar refractivity (Wildman–Crippen MR) is 150 cm³/mol. The van der Waals surface area contributed by atoms with Gasteiger partial charge in [-0.15, -0.1) is 0 Å². The fraction of sp³-hybridized carbons (Fsp3) is 0.364. The summed E-state index contributed by atoms with van der Waals surface area (Å²) >= 11 is 0. The lowest BCUT2D eigenvalue weighted by Gasteiger charge is -2.33. The van der Waals surface area contributed by atoms with Crippen LogP contribution in [0.5, 0.6) is 0 Å². The van der Waals surface area contributed by atoms with Crippen molar-refractivity contribution in [2.45, 2.75) is 58.2 Å². The van der Waals surface area contributed by atoms with E-state index in [-0.39, 0.29) is 17.9 Å². The maximum absolute atomic E-state index is 13.2. The molecule has 4 nitrogen and oxygen atoms in total. The highest BCUT2D eigenvalue weighted by Crippen LogP contribution is 2.31. The molecule has 2 heterocycles. The molecule has 2 aliphatic rings. The Labute approximate surface area is 220 Å². The number of benzene rings is 3. The summed E-state index contributed by atoms with van der Waals surface area (Å²) in [6, 6.07) is 28.5. The van der Waals surface area contributed by atoms with E-state index in [0.29, 0.717) is 0 Å². The molecule has 37 heavy (non-hydrogen) atoms. The van der Waals surface area contributed by atoms with E-state index in [0.717, 1.165) is 58.3 Å². The Morgan fingerprint density at radius 1 is 0.892 bits per heavy atom. The van der Waals surface area contributed by atoms with Crippen LogP contribution in [0.25, 0.3) is 10.9 Å². The van der Waals surface area contributed by atoms with Gasteiger partial charge < -0.3 is 9.88 Å². The molecule has 6 rings (SSSR count). The number of aryl methyl sites for hydroxylation is 2. The van der Waals surface area contributed by atoms with E-state index < -0.39 is 0 Å². The summed E-state index contributed by atoms with van der Waals surface area (Å²) < 4.78 is 2.48. The first-order valence-electron chi connectivity index (χ1n) is 13.9. The van der Waals surface area contributed by atoms with Gasteiger partial charge in [-0.3, -0.25) is 9.69 Å². The molecule has 1 aromatic heterocycles. The number of para-hydroxylation sites is 1. The van der Waals surface area contributed by atoms with Crippen LogP contribution in [0.1, 0.15) is 59.7 Å². The van der Waals surface area contributed by atoms with Gasteiger partial charge in [-0.2, -0.15) is 0 Å². The summed E-state index contributed by atoms with van der Waals surface area (Å²) in [7, 11) is 0. The SMILES string of the molecule is Cc1ccccc1Cn1c(CN2CCC(C(=O)N[C@H]3CCCc4ccccc43)CC2)cc2ccccc21. The largest absolute Gasteiger partial charge is 0.349 e. The van der Waals surface area contributed by atoms with Crippen molar-refractivity contribution in [1.82, 2.24) is 14.8 Å². The van der Waals surface area contributed by atoms with Gasteiger partial charge in [0.2, 0.25) is 5.91 Å². The highest BCUT2D eigenvalue weighted by molar-refractivity contribution is 5.81. The van der Waals surface area contributed by atoms with Crippen LogP contribution in [0.4, 0.5) is 0 Å². The fourth-order valence-corrected chi connectivity index (χ4v) is 6.32. The van der Waals surface area contributed by atoms with Gasteiger partial charge in [-0.25, -0.2) is 0 Å². The molecule has 1 saturated heterocycles. The summed E-state index contributed by atoms with van der Waals surface area (Å²) in [6.07, 6.45) is 5.18. The number of aromatic nitrogens is 1. The molecule has 0 bridgehead atoms. The first-order valence-corrected chi connectivity index (χ1v) is 13.9. The van der Waals surface area contributed by atoms with Crippen LogP contribution in [-0.4, -0.2) is 28.5 Å². The Balaban J connectivity index is 1.12. The number of likely N-dealkylation sites (tertiary alicyclic amines) is 1. The minimum absolute atomic E-state index is 0.114. The van der Waals surface area contributed by atoms with Crippen molar-refractivity contribution in [2.75, 3.05) is 13.1 Å². The second-order valence-electron chi connectivity index (χ2n) is 10.9. The Morgan fingerprint density at radius 2 is 1.65 bits per heavy atom. The molecule has 1 N–H and O–H groups in total. The van der Waals surface area contributed by atoms with E-state index in [4.69, 9.17) is 0 Å². The quantitative estimate of drug-likeness (QED) is 0.339. The van der Waals surface area contributed by atoms with Gasteiger partial charge in [0.05, 0.1) is 6.04 Å². The predicted octanol–water partition coefficient (Wildman–Crippen LogP) is 6.40. The van der Waals surface area contributed by atoms with Gasteiger partial charge >= 0.3 is 0 Å². The average Bonchev–Trinajstić information content (AvgIpc) is 3.27. The van der Waals surface area contributed by atoms with E-state index in [1.807, 2.05) is 0 Å². The third kappa shape index (κ3) is 5.08. The molecule has 0 unspecified atom stereocenters. The molecule has 1 fully saturated rings. The molecule has 4 aromatic rings. The molecule has 1 aliphatic carbocycles. The first kappa shape index (κ1) is 24.0. The summed E-state index contributed by atoms with van der Waals surface area (Å²) in [5.41, 5.74) is 8.06. The lowest BCUT2D eigenvalue weighted by molar-refractivity contribution is -0.127. The van der Waals surface area contributed by atoms with E-state index in [9.17, 15) is 4.79 Å².